The SMILES string of the molecule is COC(=O)[C@H]1[C@H]([C@H](C)O)ON2CCC[C@H]12. The van der Waals surface area contributed by atoms with Crippen LogP contribution in [0, 0.1) is 5.92 Å². The smallest absolute Gasteiger partial charge is 0.313 e. The summed E-state index contributed by atoms with van der Waals surface area (Å²) in [6.45, 7) is 2.48. The highest BCUT2D eigenvalue weighted by Crippen LogP contribution is 2.37. The molecule has 0 radical (unpaired) electrons. The zero-order valence-corrected chi connectivity index (χ0v) is 9.05. The Bertz CT molecular complexity index is 256. The molecule has 5 heteroatoms. The van der Waals surface area contributed by atoms with Crippen LogP contribution in [0.1, 0.15) is 19.8 Å². The molecule has 15 heavy (non-hydrogen) atoms. The molecule has 2 aliphatic rings. The normalized spacial score (nSPS) is 37.7. The molecule has 1 N–H and O–H groups in total. The molecule has 2 heterocycles. The molecule has 2 rings (SSSR count). The Morgan fingerprint density at radius 1 is 1.67 bits per heavy atom. The first-order chi connectivity index (χ1) is 7.15. The van der Waals surface area contributed by atoms with Gasteiger partial charge in [0.05, 0.1) is 19.3 Å². The molecule has 0 bridgehead atoms. The lowest BCUT2D eigenvalue weighted by atomic mass is 9.91. The molecule has 2 aliphatic heterocycles. The Kier molecular flexibility index (Phi) is 2.95. The second-order valence-electron chi connectivity index (χ2n) is 4.21. The Morgan fingerprint density at radius 2 is 2.40 bits per heavy atom. The fraction of sp³-hybridized carbons (Fsp3) is 0.900. The number of aliphatic hydroxyl groups is 1. The van der Waals surface area contributed by atoms with Crippen molar-refractivity contribution < 1.29 is 19.5 Å². The van der Waals surface area contributed by atoms with Crippen LogP contribution in [0.2, 0.25) is 0 Å². The molecule has 2 saturated heterocycles. The second-order valence-corrected chi connectivity index (χ2v) is 4.21. The summed E-state index contributed by atoms with van der Waals surface area (Å²) >= 11 is 0. The molecule has 4 atom stereocenters. The third-order valence-corrected chi connectivity index (χ3v) is 3.22. The maximum Gasteiger partial charge on any atom is 0.313 e. The van der Waals surface area contributed by atoms with Crippen molar-refractivity contribution in [1.82, 2.24) is 5.06 Å². The standard InChI is InChI=1S/C10H17NO4/c1-6(12)9-8(10(13)14-2)7-4-3-5-11(7)15-9/h6-9,12H,3-5H2,1-2H3/t6-,7+,8+,9-/m0/s1. The van der Waals surface area contributed by atoms with E-state index < -0.39 is 12.2 Å². The lowest BCUT2D eigenvalue weighted by Gasteiger charge is -2.19. The van der Waals surface area contributed by atoms with E-state index in [0.717, 1.165) is 19.4 Å². The van der Waals surface area contributed by atoms with E-state index in [0.29, 0.717) is 0 Å². The van der Waals surface area contributed by atoms with Crippen LogP contribution in [0.3, 0.4) is 0 Å². The molecule has 0 aliphatic carbocycles. The van der Waals surface area contributed by atoms with Crippen LogP contribution in [0.5, 0.6) is 0 Å². The molecule has 0 unspecified atom stereocenters. The number of hydrogen-bond acceptors (Lipinski definition) is 5. The van der Waals surface area contributed by atoms with Crippen LogP contribution in [0.15, 0.2) is 0 Å². The highest BCUT2D eigenvalue weighted by atomic mass is 16.7. The van der Waals surface area contributed by atoms with E-state index in [1.54, 1.807) is 6.92 Å². The first-order valence-corrected chi connectivity index (χ1v) is 5.34. The number of nitrogens with zero attached hydrogens (tertiary/aromatic N) is 1. The van der Waals surface area contributed by atoms with Gasteiger partial charge in [0.15, 0.2) is 0 Å². The summed E-state index contributed by atoms with van der Waals surface area (Å²) in [5.41, 5.74) is 0. The van der Waals surface area contributed by atoms with Crippen LogP contribution in [-0.4, -0.2) is 48.0 Å². The van der Waals surface area contributed by atoms with Crippen molar-refractivity contribution in [3.05, 3.63) is 0 Å². The van der Waals surface area contributed by atoms with Gasteiger partial charge in [-0.2, -0.15) is 5.06 Å². The van der Waals surface area contributed by atoms with E-state index in [2.05, 4.69) is 0 Å². The molecule has 0 spiro atoms. The van der Waals surface area contributed by atoms with Crippen LogP contribution < -0.4 is 0 Å². The number of aliphatic hydroxyl groups excluding tert-OH is 1. The monoisotopic (exact) mass is 215 g/mol. The number of hydrogen-bond donors (Lipinski definition) is 1. The molecule has 0 aromatic rings. The quantitative estimate of drug-likeness (QED) is 0.654. The molecule has 0 saturated carbocycles. The summed E-state index contributed by atoms with van der Waals surface area (Å²) in [5.74, 6) is -0.632. The molecule has 0 aromatic carbocycles. The van der Waals surface area contributed by atoms with E-state index in [4.69, 9.17) is 9.57 Å². The van der Waals surface area contributed by atoms with Gasteiger partial charge in [0.1, 0.15) is 12.0 Å². The van der Waals surface area contributed by atoms with Crippen molar-refractivity contribution in [3.8, 4) is 0 Å². The minimum absolute atomic E-state index is 0.0806. The Hall–Kier alpha value is -0.650. The number of ether oxygens (including phenoxy) is 1. The topological polar surface area (TPSA) is 59.0 Å². The fourth-order valence-electron chi connectivity index (χ4n) is 2.51. The molecular weight excluding hydrogens is 198 g/mol. The van der Waals surface area contributed by atoms with Crippen LogP contribution >= 0.6 is 0 Å². The minimum atomic E-state index is -0.653. The fourth-order valence-corrected chi connectivity index (χ4v) is 2.51. The Labute approximate surface area is 88.9 Å². The zero-order chi connectivity index (χ0) is 11.0. The van der Waals surface area contributed by atoms with Gasteiger partial charge in [0.25, 0.3) is 0 Å². The van der Waals surface area contributed by atoms with E-state index in [1.165, 1.54) is 7.11 Å². The number of carbonyl (C=O) groups is 1. The Morgan fingerprint density at radius 3 is 3.00 bits per heavy atom. The summed E-state index contributed by atoms with van der Waals surface area (Å²) in [4.78, 5) is 17.2. The summed E-state index contributed by atoms with van der Waals surface area (Å²) in [5, 5.41) is 11.4. The van der Waals surface area contributed by atoms with Crippen molar-refractivity contribution in [2.45, 2.75) is 38.0 Å². The third kappa shape index (κ3) is 1.75. The van der Waals surface area contributed by atoms with Crippen molar-refractivity contribution in [2.24, 2.45) is 5.92 Å². The van der Waals surface area contributed by atoms with Crippen molar-refractivity contribution in [3.63, 3.8) is 0 Å². The summed E-state index contributed by atoms with van der Waals surface area (Å²) in [7, 11) is 1.37. The first kappa shape index (κ1) is 10.9. The predicted octanol–water partition coefficient (Wildman–Crippen LogP) is -0.0654. The van der Waals surface area contributed by atoms with Gasteiger partial charge in [-0.3, -0.25) is 9.63 Å². The largest absolute Gasteiger partial charge is 0.469 e. The Balaban J connectivity index is 2.17. The van der Waals surface area contributed by atoms with Gasteiger partial charge >= 0.3 is 5.97 Å². The third-order valence-electron chi connectivity index (χ3n) is 3.22. The highest BCUT2D eigenvalue weighted by molar-refractivity contribution is 5.74. The van der Waals surface area contributed by atoms with Gasteiger partial charge in [0, 0.05) is 6.54 Å². The molecule has 86 valence electrons. The summed E-state index contributed by atoms with van der Waals surface area (Å²) < 4.78 is 4.77. The van der Waals surface area contributed by atoms with Crippen LogP contribution in [0.4, 0.5) is 0 Å². The molecule has 2 fully saturated rings. The average Bonchev–Trinajstić information content (AvgIpc) is 2.74. The number of carbonyl (C=O) groups excluding carboxylic acids is 1. The van der Waals surface area contributed by atoms with E-state index in [9.17, 15) is 9.90 Å². The van der Waals surface area contributed by atoms with E-state index in [1.807, 2.05) is 5.06 Å². The number of hydroxylamine groups is 2. The van der Waals surface area contributed by atoms with E-state index >= 15 is 0 Å². The lowest BCUT2D eigenvalue weighted by Crippen LogP contribution is -2.38. The van der Waals surface area contributed by atoms with Crippen LogP contribution in [-0.2, 0) is 14.4 Å². The zero-order valence-electron chi connectivity index (χ0n) is 9.05. The van der Waals surface area contributed by atoms with E-state index in [-0.39, 0.29) is 17.9 Å². The van der Waals surface area contributed by atoms with Gasteiger partial charge in [0.2, 0.25) is 0 Å². The number of fused-ring (bicyclic) bond motifs is 1. The van der Waals surface area contributed by atoms with Crippen molar-refractivity contribution >= 4 is 5.97 Å². The average molecular weight is 215 g/mol. The molecule has 0 aromatic heterocycles. The van der Waals surface area contributed by atoms with Crippen LogP contribution in [0.25, 0.3) is 0 Å². The molecule has 0 amide bonds. The highest BCUT2D eigenvalue weighted by Gasteiger charge is 2.51. The van der Waals surface area contributed by atoms with Gasteiger partial charge in [-0.05, 0) is 19.8 Å². The van der Waals surface area contributed by atoms with Gasteiger partial charge < -0.3 is 9.84 Å². The summed E-state index contributed by atoms with van der Waals surface area (Å²) in [6.07, 6.45) is 0.857. The second kappa shape index (κ2) is 4.08. The maximum atomic E-state index is 11.6. The van der Waals surface area contributed by atoms with Gasteiger partial charge in [-0.1, -0.05) is 0 Å². The van der Waals surface area contributed by atoms with Crippen molar-refractivity contribution in [2.75, 3.05) is 13.7 Å². The first-order valence-electron chi connectivity index (χ1n) is 5.34. The lowest BCUT2D eigenvalue weighted by molar-refractivity contribution is -0.175. The molecule has 5 nitrogen and oxygen atoms in total. The van der Waals surface area contributed by atoms with Crippen molar-refractivity contribution in [1.29, 1.82) is 0 Å². The van der Waals surface area contributed by atoms with Gasteiger partial charge in [-0.25, -0.2) is 0 Å². The minimum Gasteiger partial charge on any atom is -0.469 e. The summed E-state index contributed by atoms with van der Waals surface area (Å²) in [6, 6.07) is 0.0806. The number of methoxy groups -OCH3 is 1. The maximum absolute atomic E-state index is 11.6. The molecular formula is C10H17NO4. The predicted molar refractivity (Wildman–Crippen MR) is 51.8 cm³/mol. The number of esters is 1. The van der Waals surface area contributed by atoms with Gasteiger partial charge in [-0.15, -0.1) is 0 Å². The number of rotatable bonds is 2.